The summed E-state index contributed by atoms with van der Waals surface area (Å²) in [5.41, 5.74) is 2.42. The van der Waals surface area contributed by atoms with Crippen molar-refractivity contribution in [3.8, 4) is 0 Å². The molecule has 7 heteroatoms. The minimum absolute atomic E-state index is 0.0174. The SMILES string of the molecule is Cc1nn(C)c(Cl)c1C1CCCN1C(=O)c1cc(Cl)cn1C. The number of halogens is 2. The number of aryl methyl sites for hydroxylation is 3. The maximum atomic E-state index is 12.9. The summed E-state index contributed by atoms with van der Waals surface area (Å²) in [6, 6.07) is 1.68. The van der Waals surface area contributed by atoms with Crippen molar-refractivity contribution in [2.24, 2.45) is 14.1 Å². The molecule has 0 saturated carbocycles. The summed E-state index contributed by atoms with van der Waals surface area (Å²) in [5, 5.41) is 5.53. The quantitative estimate of drug-likeness (QED) is 0.841. The highest BCUT2D eigenvalue weighted by Gasteiger charge is 2.35. The van der Waals surface area contributed by atoms with Gasteiger partial charge in [-0.15, -0.1) is 0 Å². The first-order valence-electron chi connectivity index (χ1n) is 7.22. The highest BCUT2D eigenvalue weighted by molar-refractivity contribution is 6.31. The molecule has 1 amide bonds. The predicted octanol–water partition coefficient (Wildman–Crippen LogP) is 3.35. The van der Waals surface area contributed by atoms with E-state index in [1.807, 2.05) is 25.9 Å². The van der Waals surface area contributed by atoms with Gasteiger partial charge in [-0.05, 0) is 25.8 Å². The van der Waals surface area contributed by atoms with E-state index >= 15 is 0 Å². The van der Waals surface area contributed by atoms with Gasteiger partial charge in [-0.25, -0.2) is 0 Å². The van der Waals surface area contributed by atoms with E-state index in [1.54, 1.807) is 21.5 Å². The van der Waals surface area contributed by atoms with Gasteiger partial charge in [0.25, 0.3) is 5.91 Å². The fourth-order valence-electron chi connectivity index (χ4n) is 3.22. The Morgan fingerprint density at radius 1 is 1.36 bits per heavy atom. The Morgan fingerprint density at radius 3 is 2.64 bits per heavy atom. The number of aromatic nitrogens is 3. The molecule has 1 atom stereocenters. The number of likely N-dealkylation sites (tertiary alicyclic amines) is 1. The van der Waals surface area contributed by atoms with E-state index in [0.717, 1.165) is 30.6 Å². The average molecular weight is 341 g/mol. The summed E-state index contributed by atoms with van der Waals surface area (Å²) in [6.07, 6.45) is 3.59. The predicted molar refractivity (Wildman–Crippen MR) is 86.4 cm³/mol. The molecule has 1 saturated heterocycles. The number of hydrogen-bond acceptors (Lipinski definition) is 2. The fraction of sp³-hybridized carbons (Fsp3) is 0.467. The Kier molecular flexibility index (Phi) is 3.95. The lowest BCUT2D eigenvalue weighted by Gasteiger charge is -2.25. The highest BCUT2D eigenvalue weighted by atomic mass is 35.5. The first-order valence-corrected chi connectivity index (χ1v) is 7.97. The smallest absolute Gasteiger partial charge is 0.271 e. The molecular formula is C15H18Cl2N4O. The van der Waals surface area contributed by atoms with Crippen molar-refractivity contribution in [2.45, 2.75) is 25.8 Å². The minimum Gasteiger partial charge on any atom is -0.345 e. The molecule has 1 aliphatic heterocycles. The van der Waals surface area contributed by atoms with Crippen LogP contribution in [0.2, 0.25) is 10.2 Å². The Hall–Kier alpha value is -1.46. The zero-order chi connectivity index (χ0) is 16.0. The maximum absolute atomic E-state index is 12.9. The molecule has 3 heterocycles. The van der Waals surface area contributed by atoms with Gasteiger partial charge >= 0.3 is 0 Å². The molecule has 0 spiro atoms. The molecule has 3 rings (SSSR count). The van der Waals surface area contributed by atoms with Crippen molar-refractivity contribution in [3.05, 3.63) is 39.4 Å². The van der Waals surface area contributed by atoms with Crippen molar-refractivity contribution in [1.29, 1.82) is 0 Å². The van der Waals surface area contributed by atoms with Crippen LogP contribution in [0.1, 0.15) is 40.6 Å². The second-order valence-corrected chi connectivity index (χ2v) is 6.52. The van der Waals surface area contributed by atoms with E-state index in [0.29, 0.717) is 15.9 Å². The van der Waals surface area contributed by atoms with Gasteiger partial charge in [0.15, 0.2) is 0 Å². The lowest BCUT2D eigenvalue weighted by molar-refractivity contribution is 0.0725. The van der Waals surface area contributed by atoms with Gasteiger partial charge in [0.05, 0.1) is 16.8 Å². The minimum atomic E-state index is -0.0256. The molecule has 0 aromatic carbocycles. The Bertz CT molecular complexity index is 734. The molecule has 1 fully saturated rings. The van der Waals surface area contributed by atoms with Crippen LogP contribution < -0.4 is 0 Å². The van der Waals surface area contributed by atoms with E-state index in [9.17, 15) is 4.79 Å². The summed E-state index contributed by atoms with van der Waals surface area (Å²) >= 11 is 12.4. The Balaban J connectivity index is 1.97. The summed E-state index contributed by atoms with van der Waals surface area (Å²) in [6.45, 7) is 2.65. The molecule has 0 bridgehead atoms. The van der Waals surface area contributed by atoms with Crippen LogP contribution in [0.4, 0.5) is 0 Å². The number of hydrogen-bond donors (Lipinski definition) is 0. The molecule has 5 nitrogen and oxygen atoms in total. The van der Waals surface area contributed by atoms with E-state index in [1.165, 1.54) is 0 Å². The van der Waals surface area contributed by atoms with Crippen LogP contribution in [0.25, 0.3) is 0 Å². The third-order valence-electron chi connectivity index (χ3n) is 4.23. The zero-order valence-corrected chi connectivity index (χ0v) is 14.3. The van der Waals surface area contributed by atoms with Gasteiger partial charge in [-0.2, -0.15) is 5.10 Å². The number of carbonyl (C=O) groups excluding carboxylic acids is 1. The van der Waals surface area contributed by atoms with Crippen molar-refractivity contribution in [1.82, 2.24) is 19.2 Å². The number of nitrogens with zero attached hydrogens (tertiary/aromatic N) is 4. The van der Waals surface area contributed by atoms with Crippen molar-refractivity contribution in [2.75, 3.05) is 6.54 Å². The van der Waals surface area contributed by atoms with Crippen molar-refractivity contribution < 1.29 is 4.79 Å². The molecule has 0 N–H and O–H groups in total. The summed E-state index contributed by atoms with van der Waals surface area (Å²) in [4.78, 5) is 14.7. The Labute approximate surface area is 139 Å². The van der Waals surface area contributed by atoms with Gasteiger partial charge < -0.3 is 9.47 Å². The molecule has 2 aromatic heterocycles. The molecular weight excluding hydrogens is 323 g/mol. The topological polar surface area (TPSA) is 43.1 Å². The second-order valence-electron chi connectivity index (χ2n) is 5.72. The van der Waals surface area contributed by atoms with Gasteiger partial charge in [-0.1, -0.05) is 23.2 Å². The first kappa shape index (κ1) is 15.4. The second kappa shape index (κ2) is 5.63. The summed E-state index contributed by atoms with van der Waals surface area (Å²) in [7, 11) is 3.64. The Morgan fingerprint density at radius 2 is 2.09 bits per heavy atom. The molecule has 22 heavy (non-hydrogen) atoms. The third kappa shape index (κ3) is 2.42. The molecule has 1 aliphatic rings. The van der Waals surface area contributed by atoms with E-state index in [2.05, 4.69) is 5.10 Å². The molecule has 0 aliphatic carbocycles. The van der Waals surface area contributed by atoms with Crippen LogP contribution in [0.5, 0.6) is 0 Å². The van der Waals surface area contributed by atoms with Gasteiger partial charge in [0.1, 0.15) is 10.8 Å². The molecule has 118 valence electrons. The lowest BCUT2D eigenvalue weighted by atomic mass is 10.1. The van der Waals surface area contributed by atoms with Crippen LogP contribution in [-0.4, -0.2) is 31.7 Å². The van der Waals surface area contributed by atoms with Crippen LogP contribution in [0.15, 0.2) is 12.3 Å². The lowest BCUT2D eigenvalue weighted by Crippen LogP contribution is -2.32. The number of carbonyl (C=O) groups is 1. The third-order valence-corrected chi connectivity index (χ3v) is 4.89. The summed E-state index contributed by atoms with van der Waals surface area (Å²) < 4.78 is 3.42. The van der Waals surface area contributed by atoms with Crippen molar-refractivity contribution in [3.63, 3.8) is 0 Å². The fourth-order valence-corrected chi connectivity index (χ4v) is 3.77. The number of amides is 1. The normalized spacial score (nSPS) is 18.2. The monoisotopic (exact) mass is 340 g/mol. The molecule has 0 radical (unpaired) electrons. The highest BCUT2D eigenvalue weighted by Crippen LogP contribution is 2.38. The van der Waals surface area contributed by atoms with Gasteiger partial charge in [-0.3, -0.25) is 9.48 Å². The van der Waals surface area contributed by atoms with E-state index in [-0.39, 0.29) is 11.9 Å². The van der Waals surface area contributed by atoms with Gasteiger partial charge in [0, 0.05) is 32.4 Å². The van der Waals surface area contributed by atoms with Gasteiger partial charge in [0.2, 0.25) is 0 Å². The standard InChI is InChI=1S/C15H18Cl2N4O/c1-9-13(14(17)20(3)18-9)11-5-4-6-21(11)15(22)12-7-10(16)8-19(12)2/h7-8,11H,4-6H2,1-3H3. The molecule has 1 unspecified atom stereocenters. The van der Waals surface area contributed by atoms with Crippen LogP contribution in [0, 0.1) is 6.92 Å². The first-order chi connectivity index (χ1) is 10.4. The number of rotatable bonds is 2. The van der Waals surface area contributed by atoms with Crippen LogP contribution in [-0.2, 0) is 14.1 Å². The van der Waals surface area contributed by atoms with E-state index < -0.39 is 0 Å². The van der Waals surface area contributed by atoms with Crippen molar-refractivity contribution >= 4 is 29.1 Å². The summed E-state index contributed by atoms with van der Waals surface area (Å²) in [5.74, 6) is -0.0174. The van der Waals surface area contributed by atoms with E-state index in [4.69, 9.17) is 23.2 Å². The average Bonchev–Trinajstić information content (AvgIpc) is 3.10. The maximum Gasteiger partial charge on any atom is 0.271 e. The van der Waals surface area contributed by atoms with Crippen LogP contribution in [0.3, 0.4) is 0 Å². The molecule has 2 aromatic rings. The largest absolute Gasteiger partial charge is 0.345 e. The zero-order valence-electron chi connectivity index (χ0n) is 12.8. The van der Waals surface area contributed by atoms with Crippen LogP contribution >= 0.6 is 23.2 Å².